The molecule has 3 N–H and O–H groups in total. The van der Waals surface area contributed by atoms with Gasteiger partial charge in [-0.25, -0.2) is 12.8 Å². The van der Waals surface area contributed by atoms with Crippen LogP contribution in [0, 0.1) is 19.7 Å². The first kappa shape index (κ1) is 15.4. The Hall–Kier alpha value is -1.99. The predicted octanol–water partition coefficient (Wildman–Crippen LogP) is 2.10. The molecule has 0 unspecified atom stereocenters. The summed E-state index contributed by atoms with van der Waals surface area (Å²) in [5.74, 6) is -0.732. The second-order valence-corrected chi connectivity index (χ2v) is 6.36. The summed E-state index contributed by atoms with van der Waals surface area (Å²) in [5.41, 5.74) is 7.70. The molecule has 1 heterocycles. The standard InChI is InChI=1S/C14H16FN3O2S/c1-9-5-10(2)14(6-11(9)7-16)21(19,20)18-13-3-4-17-8-12(13)15/h3-6,8H,7,16H2,1-2H3,(H,17,18). The fraction of sp³-hybridized carbons (Fsp3) is 0.214. The third-order valence-corrected chi connectivity index (χ3v) is 4.67. The first-order chi connectivity index (χ1) is 9.85. The molecule has 1 aromatic heterocycles. The largest absolute Gasteiger partial charge is 0.326 e. The molecule has 0 aliphatic heterocycles. The first-order valence-corrected chi connectivity index (χ1v) is 7.76. The van der Waals surface area contributed by atoms with Crippen LogP contribution in [0.5, 0.6) is 0 Å². The van der Waals surface area contributed by atoms with Crippen LogP contribution in [0.3, 0.4) is 0 Å². The molecule has 2 aromatic rings. The zero-order valence-electron chi connectivity index (χ0n) is 11.7. The van der Waals surface area contributed by atoms with Crippen molar-refractivity contribution in [1.82, 2.24) is 4.98 Å². The van der Waals surface area contributed by atoms with Gasteiger partial charge in [0.25, 0.3) is 10.0 Å². The quantitative estimate of drug-likeness (QED) is 0.905. The molecule has 2 rings (SSSR count). The van der Waals surface area contributed by atoms with Crippen LogP contribution >= 0.6 is 0 Å². The van der Waals surface area contributed by atoms with Crippen molar-refractivity contribution in [1.29, 1.82) is 0 Å². The van der Waals surface area contributed by atoms with Crippen molar-refractivity contribution in [3.63, 3.8) is 0 Å². The number of hydrogen-bond donors (Lipinski definition) is 2. The molecule has 21 heavy (non-hydrogen) atoms. The predicted molar refractivity (Wildman–Crippen MR) is 78.8 cm³/mol. The van der Waals surface area contributed by atoms with Gasteiger partial charge in [0, 0.05) is 12.7 Å². The van der Waals surface area contributed by atoms with Crippen molar-refractivity contribution >= 4 is 15.7 Å². The van der Waals surface area contributed by atoms with E-state index in [9.17, 15) is 12.8 Å². The van der Waals surface area contributed by atoms with Crippen LogP contribution in [0.15, 0.2) is 35.5 Å². The van der Waals surface area contributed by atoms with E-state index in [1.54, 1.807) is 13.0 Å². The molecule has 0 spiro atoms. The maximum atomic E-state index is 13.5. The summed E-state index contributed by atoms with van der Waals surface area (Å²) in [6.07, 6.45) is 2.26. The Kier molecular flexibility index (Phi) is 4.24. The number of nitrogens with one attached hydrogen (secondary N) is 1. The van der Waals surface area contributed by atoms with Crippen molar-refractivity contribution in [3.8, 4) is 0 Å². The maximum absolute atomic E-state index is 13.5. The number of hydrogen-bond acceptors (Lipinski definition) is 4. The average Bonchev–Trinajstić information content (AvgIpc) is 2.41. The van der Waals surface area contributed by atoms with E-state index in [0.717, 1.165) is 17.3 Å². The lowest BCUT2D eigenvalue weighted by Gasteiger charge is -2.13. The number of sulfonamides is 1. The minimum absolute atomic E-state index is 0.0877. The average molecular weight is 309 g/mol. The highest BCUT2D eigenvalue weighted by Crippen LogP contribution is 2.23. The molecule has 0 saturated carbocycles. The van der Waals surface area contributed by atoms with E-state index in [-0.39, 0.29) is 17.1 Å². The smallest absolute Gasteiger partial charge is 0.262 e. The van der Waals surface area contributed by atoms with Gasteiger partial charge in [-0.05, 0) is 42.7 Å². The van der Waals surface area contributed by atoms with Crippen molar-refractivity contribution in [3.05, 3.63) is 53.1 Å². The van der Waals surface area contributed by atoms with Crippen LogP contribution < -0.4 is 10.5 Å². The Morgan fingerprint density at radius 1 is 1.29 bits per heavy atom. The van der Waals surface area contributed by atoms with Gasteiger partial charge in [-0.3, -0.25) is 9.71 Å². The van der Waals surface area contributed by atoms with E-state index in [4.69, 9.17) is 5.73 Å². The number of aromatic nitrogens is 1. The molecule has 0 fully saturated rings. The van der Waals surface area contributed by atoms with Crippen molar-refractivity contribution in [2.45, 2.75) is 25.3 Å². The van der Waals surface area contributed by atoms with Gasteiger partial charge < -0.3 is 5.73 Å². The molecule has 0 radical (unpaired) electrons. The van der Waals surface area contributed by atoms with Crippen LogP contribution in [0.2, 0.25) is 0 Å². The Morgan fingerprint density at radius 2 is 2.00 bits per heavy atom. The SMILES string of the molecule is Cc1cc(C)c(S(=O)(=O)Nc2ccncc2F)cc1CN. The minimum Gasteiger partial charge on any atom is -0.326 e. The van der Waals surface area contributed by atoms with E-state index >= 15 is 0 Å². The summed E-state index contributed by atoms with van der Waals surface area (Å²) in [4.78, 5) is 3.67. The highest BCUT2D eigenvalue weighted by molar-refractivity contribution is 7.92. The number of pyridine rings is 1. The summed E-state index contributed by atoms with van der Waals surface area (Å²) in [5, 5.41) is 0. The van der Waals surface area contributed by atoms with Crippen LogP contribution in [0.1, 0.15) is 16.7 Å². The van der Waals surface area contributed by atoms with Crippen LogP contribution in [0.4, 0.5) is 10.1 Å². The fourth-order valence-electron chi connectivity index (χ4n) is 2.04. The Balaban J connectivity index is 2.47. The molecule has 5 nitrogen and oxygen atoms in total. The summed E-state index contributed by atoms with van der Waals surface area (Å²) in [6, 6.07) is 4.53. The third kappa shape index (κ3) is 3.20. The van der Waals surface area contributed by atoms with Crippen LogP contribution in [-0.2, 0) is 16.6 Å². The number of benzene rings is 1. The Morgan fingerprint density at radius 3 is 2.62 bits per heavy atom. The molecular weight excluding hydrogens is 293 g/mol. The molecule has 7 heteroatoms. The van der Waals surface area contributed by atoms with Gasteiger partial charge in [0.15, 0.2) is 5.82 Å². The zero-order chi connectivity index (χ0) is 15.6. The van der Waals surface area contributed by atoms with E-state index in [0.29, 0.717) is 5.56 Å². The van der Waals surface area contributed by atoms with E-state index in [1.807, 2.05) is 6.92 Å². The molecule has 0 aliphatic carbocycles. The highest BCUT2D eigenvalue weighted by atomic mass is 32.2. The molecule has 0 bridgehead atoms. The molecule has 0 atom stereocenters. The first-order valence-electron chi connectivity index (χ1n) is 6.27. The highest BCUT2D eigenvalue weighted by Gasteiger charge is 2.20. The van der Waals surface area contributed by atoms with Gasteiger partial charge in [0.05, 0.1) is 16.8 Å². The Bertz CT molecular complexity index is 776. The van der Waals surface area contributed by atoms with Gasteiger partial charge in [-0.2, -0.15) is 0 Å². The second-order valence-electron chi connectivity index (χ2n) is 4.71. The number of rotatable bonds is 4. The number of halogens is 1. The second kappa shape index (κ2) is 5.79. The molecule has 0 amide bonds. The van der Waals surface area contributed by atoms with Gasteiger partial charge >= 0.3 is 0 Å². The maximum Gasteiger partial charge on any atom is 0.262 e. The van der Waals surface area contributed by atoms with Crippen molar-refractivity contribution in [2.75, 3.05) is 4.72 Å². The van der Waals surface area contributed by atoms with Crippen LogP contribution in [-0.4, -0.2) is 13.4 Å². The van der Waals surface area contributed by atoms with Crippen LogP contribution in [0.25, 0.3) is 0 Å². The molecule has 1 aromatic carbocycles. The number of nitrogens with zero attached hydrogens (tertiary/aromatic N) is 1. The topological polar surface area (TPSA) is 85.1 Å². The minimum atomic E-state index is -3.89. The number of anilines is 1. The van der Waals surface area contributed by atoms with Crippen molar-refractivity contribution in [2.24, 2.45) is 5.73 Å². The third-order valence-electron chi connectivity index (χ3n) is 3.16. The Labute approximate surface area is 123 Å². The van der Waals surface area contributed by atoms with Gasteiger partial charge in [0.2, 0.25) is 0 Å². The summed E-state index contributed by atoms with van der Waals surface area (Å²) >= 11 is 0. The normalized spacial score (nSPS) is 11.4. The zero-order valence-corrected chi connectivity index (χ0v) is 12.5. The van der Waals surface area contributed by atoms with Crippen molar-refractivity contribution < 1.29 is 12.8 Å². The number of aryl methyl sites for hydroxylation is 2. The lowest BCUT2D eigenvalue weighted by Crippen LogP contribution is -2.16. The van der Waals surface area contributed by atoms with E-state index in [1.165, 1.54) is 18.3 Å². The fourth-order valence-corrected chi connectivity index (χ4v) is 3.39. The molecule has 112 valence electrons. The molecule has 0 saturated heterocycles. The van der Waals surface area contributed by atoms with E-state index in [2.05, 4.69) is 9.71 Å². The number of nitrogens with two attached hydrogens (primary N) is 1. The molecular formula is C14H16FN3O2S. The van der Waals surface area contributed by atoms with Gasteiger partial charge in [-0.15, -0.1) is 0 Å². The van der Waals surface area contributed by atoms with E-state index < -0.39 is 15.8 Å². The monoisotopic (exact) mass is 309 g/mol. The summed E-state index contributed by atoms with van der Waals surface area (Å²) in [7, 11) is -3.89. The lowest BCUT2D eigenvalue weighted by atomic mass is 10.1. The lowest BCUT2D eigenvalue weighted by molar-refractivity contribution is 0.597. The summed E-state index contributed by atoms with van der Waals surface area (Å²) < 4.78 is 40.6. The van der Waals surface area contributed by atoms with Gasteiger partial charge in [0.1, 0.15) is 0 Å². The van der Waals surface area contributed by atoms with Gasteiger partial charge in [-0.1, -0.05) is 6.07 Å². The molecule has 0 aliphatic rings. The summed E-state index contributed by atoms with van der Waals surface area (Å²) in [6.45, 7) is 3.78.